The zero-order chi connectivity index (χ0) is 13.5. The third kappa shape index (κ3) is 5.07. The summed E-state index contributed by atoms with van der Waals surface area (Å²) in [6.07, 6.45) is 4.40. The molecule has 19 heavy (non-hydrogen) atoms. The summed E-state index contributed by atoms with van der Waals surface area (Å²) in [7, 11) is 1.75. The molecule has 0 bridgehead atoms. The maximum atomic E-state index is 5.81. The molecule has 1 aliphatic rings. The summed E-state index contributed by atoms with van der Waals surface area (Å²) >= 11 is 5.81. The van der Waals surface area contributed by atoms with Gasteiger partial charge in [0.2, 0.25) is 0 Å². The summed E-state index contributed by atoms with van der Waals surface area (Å²) in [5.41, 5.74) is 1.19. The predicted octanol–water partition coefficient (Wildman–Crippen LogP) is 1.94. The van der Waals surface area contributed by atoms with E-state index in [-0.39, 0.29) is 0 Å². The summed E-state index contributed by atoms with van der Waals surface area (Å²) in [6, 6.07) is 4.49. The molecule has 5 heteroatoms. The highest BCUT2D eigenvalue weighted by molar-refractivity contribution is 6.29. The van der Waals surface area contributed by atoms with Crippen molar-refractivity contribution in [1.29, 1.82) is 0 Å². The molecule has 1 saturated heterocycles. The SMILES string of the molecule is COCCN(Cc1ccc(Cl)nc1)CC1CCCN1. The fourth-order valence-corrected chi connectivity index (χ4v) is 2.55. The monoisotopic (exact) mass is 283 g/mol. The van der Waals surface area contributed by atoms with Gasteiger partial charge >= 0.3 is 0 Å². The van der Waals surface area contributed by atoms with E-state index in [0.29, 0.717) is 11.2 Å². The number of rotatable bonds is 7. The highest BCUT2D eigenvalue weighted by Crippen LogP contribution is 2.11. The topological polar surface area (TPSA) is 37.4 Å². The van der Waals surface area contributed by atoms with E-state index in [0.717, 1.165) is 32.8 Å². The smallest absolute Gasteiger partial charge is 0.129 e. The van der Waals surface area contributed by atoms with Crippen LogP contribution in [0.2, 0.25) is 5.15 Å². The van der Waals surface area contributed by atoms with Crippen LogP contribution in [0.15, 0.2) is 18.3 Å². The number of pyridine rings is 1. The minimum absolute atomic E-state index is 0.546. The van der Waals surface area contributed by atoms with Gasteiger partial charge in [0.15, 0.2) is 0 Å². The van der Waals surface area contributed by atoms with Gasteiger partial charge in [-0.2, -0.15) is 0 Å². The van der Waals surface area contributed by atoms with Crippen molar-refractivity contribution in [3.63, 3.8) is 0 Å². The fraction of sp³-hybridized carbons (Fsp3) is 0.643. The number of nitrogens with zero attached hydrogens (tertiary/aromatic N) is 2. The summed E-state index contributed by atoms with van der Waals surface area (Å²) in [5, 5.41) is 4.09. The molecule has 0 aromatic carbocycles. The molecular formula is C14H22ClN3O. The Morgan fingerprint density at radius 3 is 3.05 bits per heavy atom. The lowest BCUT2D eigenvalue weighted by molar-refractivity contribution is 0.138. The van der Waals surface area contributed by atoms with Crippen LogP contribution in [0.25, 0.3) is 0 Å². The molecule has 1 aliphatic heterocycles. The quantitative estimate of drug-likeness (QED) is 0.776. The normalized spacial score (nSPS) is 19.2. The van der Waals surface area contributed by atoms with Crippen molar-refractivity contribution >= 4 is 11.6 Å². The molecule has 0 radical (unpaired) electrons. The lowest BCUT2D eigenvalue weighted by Crippen LogP contribution is -2.38. The number of halogens is 1. The van der Waals surface area contributed by atoms with Gasteiger partial charge in [-0.1, -0.05) is 17.7 Å². The van der Waals surface area contributed by atoms with Crippen molar-refractivity contribution in [3.05, 3.63) is 29.0 Å². The fourth-order valence-electron chi connectivity index (χ4n) is 2.44. The molecule has 0 saturated carbocycles. The van der Waals surface area contributed by atoms with Crippen molar-refractivity contribution in [1.82, 2.24) is 15.2 Å². The molecule has 0 amide bonds. The van der Waals surface area contributed by atoms with Gasteiger partial charge < -0.3 is 10.1 Å². The van der Waals surface area contributed by atoms with Crippen LogP contribution in [0.3, 0.4) is 0 Å². The van der Waals surface area contributed by atoms with Crippen LogP contribution in [0.4, 0.5) is 0 Å². The second-order valence-electron chi connectivity index (χ2n) is 5.01. The zero-order valence-electron chi connectivity index (χ0n) is 11.4. The highest BCUT2D eigenvalue weighted by atomic mass is 35.5. The first-order valence-electron chi connectivity index (χ1n) is 6.83. The summed E-state index contributed by atoms with van der Waals surface area (Å²) in [5.74, 6) is 0. The second kappa shape index (κ2) is 7.80. The Morgan fingerprint density at radius 2 is 2.42 bits per heavy atom. The second-order valence-corrected chi connectivity index (χ2v) is 5.40. The van der Waals surface area contributed by atoms with E-state index >= 15 is 0 Å². The largest absolute Gasteiger partial charge is 0.383 e. The molecule has 2 heterocycles. The number of aromatic nitrogens is 1. The average molecular weight is 284 g/mol. The predicted molar refractivity (Wildman–Crippen MR) is 77.4 cm³/mol. The first kappa shape index (κ1) is 14.7. The third-order valence-electron chi connectivity index (χ3n) is 3.45. The van der Waals surface area contributed by atoms with E-state index in [1.165, 1.54) is 18.4 Å². The molecule has 0 spiro atoms. The van der Waals surface area contributed by atoms with Gasteiger partial charge in [0.05, 0.1) is 6.61 Å². The van der Waals surface area contributed by atoms with Crippen molar-refractivity contribution in [2.24, 2.45) is 0 Å². The van der Waals surface area contributed by atoms with Gasteiger partial charge in [0.1, 0.15) is 5.15 Å². The van der Waals surface area contributed by atoms with Gasteiger partial charge in [-0.25, -0.2) is 4.98 Å². The van der Waals surface area contributed by atoms with Gasteiger partial charge in [0.25, 0.3) is 0 Å². The summed E-state index contributed by atoms with van der Waals surface area (Å²) in [6.45, 7) is 4.80. The maximum Gasteiger partial charge on any atom is 0.129 e. The lowest BCUT2D eigenvalue weighted by Gasteiger charge is -2.25. The maximum absolute atomic E-state index is 5.81. The van der Waals surface area contributed by atoms with Crippen LogP contribution < -0.4 is 5.32 Å². The van der Waals surface area contributed by atoms with Crippen LogP contribution in [-0.4, -0.2) is 49.3 Å². The van der Waals surface area contributed by atoms with E-state index < -0.39 is 0 Å². The van der Waals surface area contributed by atoms with Crippen LogP contribution >= 0.6 is 11.6 Å². The molecular weight excluding hydrogens is 262 g/mol. The Kier molecular flexibility index (Phi) is 6.04. The summed E-state index contributed by atoms with van der Waals surface area (Å²) in [4.78, 5) is 6.55. The van der Waals surface area contributed by atoms with Crippen LogP contribution in [0.1, 0.15) is 18.4 Å². The van der Waals surface area contributed by atoms with Gasteiger partial charge in [-0.15, -0.1) is 0 Å². The van der Waals surface area contributed by atoms with Crippen molar-refractivity contribution in [2.45, 2.75) is 25.4 Å². The number of nitrogens with one attached hydrogen (secondary N) is 1. The van der Waals surface area contributed by atoms with E-state index in [9.17, 15) is 0 Å². The van der Waals surface area contributed by atoms with Gasteiger partial charge in [0, 0.05) is 39.0 Å². The van der Waals surface area contributed by atoms with Crippen LogP contribution in [-0.2, 0) is 11.3 Å². The lowest BCUT2D eigenvalue weighted by atomic mass is 10.2. The number of ether oxygens (including phenoxy) is 1. The van der Waals surface area contributed by atoms with E-state index in [4.69, 9.17) is 16.3 Å². The molecule has 1 N–H and O–H groups in total. The molecule has 4 nitrogen and oxygen atoms in total. The summed E-state index contributed by atoms with van der Waals surface area (Å²) < 4.78 is 5.19. The van der Waals surface area contributed by atoms with E-state index in [2.05, 4.69) is 15.2 Å². The van der Waals surface area contributed by atoms with Crippen molar-refractivity contribution < 1.29 is 4.74 Å². The Labute approximate surface area is 120 Å². The van der Waals surface area contributed by atoms with Crippen LogP contribution in [0.5, 0.6) is 0 Å². The first-order valence-corrected chi connectivity index (χ1v) is 7.21. The van der Waals surface area contributed by atoms with Gasteiger partial charge in [-0.05, 0) is 31.0 Å². The van der Waals surface area contributed by atoms with Gasteiger partial charge in [-0.3, -0.25) is 4.90 Å². The van der Waals surface area contributed by atoms with E-state index in [1.807, 2.05) is 18.3 Å². The first-order chi connectivity index (χ1) is 9.28. The zero-order valence-corrected chi connectivity index (χ0v) is 12.2. The molecule has 1 unspecified atom stereocenters. The molecule has 1 aromatic heterocycles. The van der Waals surface area contributed by atoms with Crippen molar-refractivity contribution in [3.8, 4) is 0 Å². The molecule has 1 aromatic rings. The minimum Gasteiger partial charge on any atom is -0.383 e. The molecule has 1 atom stereocenters. The average Bonchev–Trinajstić information content (AvgIpc) is 2.91. The number of hydrogen-bond acceptors (Lipinski definition) is 4. The Hall–Kier alpha value is -0.680. The Balaban J connectivity index is 1.89. The minimum atomic E-state index is 0.546. The number of hydrogen-bond donors (Lipinski definition) is 1. The molecule has 0 aliphatic carbocycles. The Bertz CT molecular complexity index is 365. The van der Waals surface area contributed by atoms with E-state index in [1.54, 1.807) is 7.11 Å². The molecule has 1 fully saturated rings. The molecule has 106 valence electrons. The number of methoxy groups -OCH3 is 1. The van der Waals surface area contributed by atoms with Crippen molar-refractivity contribution in [2.75, 3.05) is 33.4 Å². The standard InChI is InChI=1S/C14H22ClN3O/c1-19-8-7-18(11-13-3-2-6-16-13)10-12-4-5-14(15)17-9-12/h4-5,9,13,16H,2-3,6-8,10-11H2,1H3. The molecule has 2 rings (SSSR count). The third-order valence-corrected chi connectivity index (χ3v) is 3.67. The van der Waals surface area contributed by atoms with Crippen LogP contribution in [0, 0.1) is 0 Å². The Morgan fingerprint density at radius 1 is 1.53 bits per heavy atom. The highest BCUT2D eigenvalue weighted by Gasteiger charge is 2.17.